The second kappa shape index (κ2) is 12.3. The quantitative estimate of drug-likeness (QED) is 0.349. The zero-order valence-electron chi connectivity index (χ0n) is 21.2. The monoisotopic (exact) mass is 529 g/mol. The molecule has 0 fully saturated rings. The fourth-order valence-electron chi connectivity index (χ4n) is 3.33. The Bertz CT molecular complexity index is 1190. The highest BCUT2D eigenvalue weighted by molar-refractivity contribution is 7.98. The number of ether oxygens (including phenoxy) is 1. The summed E-state index contributed by atoms with van der Waals surface area (Å²) in [6.07, 6.45) is 1.99. The molecule has 0 aliphatic heterocycles. The Labute approximate surface area is 221 Å². The highest BCUT2D eigenvalue weighted by Crippen LogP contribution is 2.29. The molecule has 3 rings (SSSR count). The lowest BCUT2D eigenvalue weighted by Crippen LogP contribution is -2.42. The van der Waals surface area contributed by atoms with Crippen molar-refractivity contribution in [2.75, 3.05) is 43.7 Å². The van der Waals surface area contributed by atoms with E-state index in [0.717, 1.165) is 10.6 Å². The summed E-state index contributed by atoms with van der Waals surface area (Å²) in [4.78, 5) is 28.6. The maximum Gasteiger partial charge on any atom is 0.322 e. The minimum Gasteiger partial charge on any atom is -0.383 e. The number of para-hydroxylation sites is 1. The van der Waals surface area contributed by atoms with E-state index in [4.69, 9.17) is 21.4 Å². The molecule has 0 radical (unpaired) electrons. The number of hydrogen-bond donors (Lipinski definition) is 2. The fourth-order valence-corrected chi connectivity index (χ4v) is 3.95. The van der Waals surface area contributed by atoms with E-state index in [1.54, 1.807) is 29.6 Å². The molecule has 0 unspecified atom stereocenters. The van der Waals surface area contributed by atoms with Gasteiger partial charge in [-0.1, -0.05) is 44.5 Å². The number of thioether (sulfide) groups is 1. The first-order valence-electron chi connectivity index (χ1n) is 11.5. The van der Waals surface area contributed by atoms with Gasteiger partial charge in [-0.3, -0.25) is 4.79 Å². The first kappa shape index (κ1) is 27.6. The molecule has 1 heterocycles. The summed E-state index contributed by atoms with van der Waals surface area (Å²) < 4.78 is 6.77. The Morgan fingerprint density at radius 1 is 1.11 bits per heavy atom. The van der Waals surface area contributed by atoms with Crippen molar-refractivity contribution in [3.8, 4) is 5.69 Å². The second-order valence-corrected chi connectivity index (χ2v) is 10.4. The van der Waals surface area contributed by atoms with Crippen LogP contribution in [0.25, 0.3) is 5.69 Å². The molecule has 0 aliphatic rings. The lowest BCUT2D eigenvalue weighted by molar-refractivity contribution is -0.116. The number of nitrogens with zero attached hydrogens (tertiary/aromatic N) is 3. The van der Waals surface area contributed by atoms with E-state index >= 15 is 0 Å². The van der Waals surface area contributed by atoms with E-state index in [1.165, 1.54) is 4.90 Å². The SMILES string of the molecule is COCCN(CC(=O)Nc1cc(C(C)(C)C)nn1-c1ccccc1Cl)C(=O)Nc1ccc(SC)cc1. The van der Waals surface area contributed by atoms with E-state index in [-0.39, 0.29) is 31.0 Å². The van der Waals surface area contributed by atoms with E-state index in [2.05, 4.69) is 10.6 Å². The molecule has 2 aromatic carbocycles. The average Bonchev–Trinajstić information content (AvgIpc) is 3.26. The molecule has 1 aromatic heterocycles. The number of benzene rings is 2. The largest absolute Gasteiger partial charge is 0.383 e. The van der Waals surface area contributed by atoms with Gasteiger partial charge in [0.25, 0.3) is 0 Å². The molecule has 0 spiro atoms. The number of halogens is 1. The predicted octanol–water partition coefficient (Wildman–Crippen LogP) is 5.66. The second-order valence-electron chi connectivity index (χ2n) is 9.15. The number of amides is 3. The van der Waals surface area contributed by atoms with Crippen LogP contribution in [-0.2, 0) is 14.9 Å². The van der Waals surface area contributed by atoms with Crippen LogP contribution in [0.1, 0.15) is 26.5 Å². The van der Waals surface area contributed by atoms with Gasteiger partial charge < -0.3 is 20.3 Å². The van der Waals surface area contributed by atoms with Gasteiger partial charge in [0.1, 0.15) is 12.4 Å². The van der Waals surface area contributed by atoms with Crippen molar-refractivity contribution >= 4 is 46.8 Å². The van der Waals surface area contributed by atoms with Crippen LogP contribution in [0.5, 0.6) is 0 Å². The number of anilines is 2. The summed E-state index contributed by atoms with van der Waals surface area (Å²) in [5, 5.41) is 11.0. The van der Waals surface area contributed by atoms with Gasteiger partial charge in [-0.2, -0.15) is 5.10 Å². The lowest BCUT2D eigenvalue weighted by Gasteiger charge is -2.22. The van der Waals surface area contributed by atoms with Crippen LogP contribution >= 0.6 is 23.4 Å². The van der Waals surface area contributed by atoms with Crippen LogP contribution in [0.2, 0.25) is 5.02 Å². The van der Waals surface area contributed by atoms with Crippen LogP contribution in [0.15, 0.2) is 59.5 Å². The molecule has 8 nitrogen and oxygen atoms in total. The normalized spacial score (nSPS) is 11.3. The van der Waals surface area contributed by atoms with E-state index < -0.39 is 6.03 Å². The fraction of sp³-hybridized carbons (Fsp3) is 0.346. The molecule has 0 aliphatic carbocycles. The number of rotatable bonds is 9. The first-order valence-corrected chi connectivity index (χ1v) is 13.1. The predicted molar refractivity (Wildman–Crippen MR) is 147 cm³/mol. The van der Waals surface area contributed by atoms with Crippen LogP contribution in [-0.4, -0.2) is 59.7 Å². The number of carbonyl (C=O) groups is 2. The molecule has 10 heteroatoms. The maximum atomic E-state index is 13.1. The summed E-state index contributed by atoms with van der Waals surface area (Å²) >= 11 is 8.04. The molecule has 0 atom stereocenters. The minimum absolute atomic E-state index is 0.170. The van der Waals surface area contributed by atoms with Crippen LogP contribution < -0.4 is 10.6 Å². The summed E-state index contributed by atoms with van der Waals surface area (Å²) in [6.45, 7) is 6.49. The number of methoxy groups -OCH3 is 1. The summed E-state index contributed by atoms with van der Waals surface area (Å²) in [5.41, 5.74) is 1.84. The van der Waals surface area contributed by atoms with Crippen molar-refractivity contribution < 1.29 is 14.3 Å². The van der Waals surface area contributed by atoms with E-state index in [1.807, 2.05) is 75.6 Å². The number of aromatic nitrogens is 2. The maximum absolute atomic E-state index is 13.1. The third-order valence-electron chi connectivity index (χ3n) is 5.35. The first-order chi connectivity index (χ1) is 17.1. The molecule has 36 heavy (non-hydrogen) atoms. The molecule has 0 saturated carbocycles. The summed E-state index contributed by atoms with van der Waals surface area (Å²) in [5.74, 6) is 0.102. The average molecular weight is 530 g/mol. The molecule has 3 amide bonds. The Kier molecular flexibility index (Phi) is 9.42. The van der Waals surface area contributed by atoms with Crippen molar-refractivity contribution in [1.29, 1.82) is 0 Å². The van der Waals surface area contributed by atoms with Gasteiger partial charge in [-0.15, -0.1) is 11.8 Å². The molecular weight excluding hydrogens is 498 g/mol. The van der Waals surface area contributed by atoms with Crippen molar-refractivity contribution in [3.05, 3.63) is 65.3 Å². The lowest BCUT2D eigenvalue weighted by atomic mass is 9.92. The van der Waals surface area contributed by atoms with Gasteiger partial charge in [0.2, 0.25) is 5.91 Å². The van der Waals surface area contributed by atoms with Crippen LogP contribution in [0.4, 0.5) is 16.3 Å². The molecule has 192 valence electrons. The summed E-state index contributed by atoms with van der Waals surface area (Å²) in [7, 11) is 1.55. The zero-order valence-corrected chi connectivity index (χ0v) is 22.7. The molecule has 0 bridgehead atoms. The molecule has 3 aromatic rings. The minimum atomic E-state index is -0.394. The Balaban J connectivity index is 1.80. The number of urea groups is 1. The molecule has 0 saturated heterocycles. The third kappa shape index (κ3) is 7.25. The van der Waals surface area contributed by atoms with Crippen molar-refractivity contribution in [1.82, 2.24) is 14.7 Å². The Morgan fingerprint density at radius 2 is 1.81 bits per heavy atom. The Morgan fingerprint density at radius 3 is 2.42 bits per heavy atom. The third-order valence-corrected chi connectivity index (χ3v) is 6.42. The van der Waals surface area contributed by atoms with Gasteiger partial charge in [-0.05, 0) is 42.7 Å². The number of carbonyl (C=O) groups excluding carboxylic acids is 2. The van der Waals surface area contributed by atoms with Crippen LogP contribution in [0.3, 0.4) is 0 Å². The van der Waals surface area contributed by atoms with E-state index in [0.29, 0.717) is 22.2 Å². The summed E-state index contributed by atoms with van der Waals surface area (Å²) in [6, 6.07) is 16.2. The molecule has 2 N–H and O–H groups in total. The highest BCUT2D eigenvalue weighted by Gasteiger charge is 2.24. The zero-order chi connectivity index (χ0) is 26.3. The van der Waals surface area contributed by atoms with Gasteiger partial charge in [0, 0.05) is 35.7 Å². The van der Waals surface area contributed by atoms with Gasteiger partial charge in [0.15, 0.2) is 0 Å². The van der Waals surface area contributed by atoms with Gasteiger partial charge in [0.05, 0.1) is 23.0 Å². The van der Waals surface area contributed by atoms with Crippen molar-refractivity contribution in [2.24, 2.45) is 0 Å². The van der Waals surface area contributed by atoms with Crippen LogP contribution in [0, 0.1) is 0 Å². The van der Waals surface area contributed by atoms with Crippen molar-refractivity contribution in [2.45, 2.75) is 31.1 Å². The number of nitrogens with one attached hydrogen (secondary N) is 2. The van der Waals surface area contributed by atoms with Gasteiger partial charge in [-0.25, -0.2) is 9.48 Å². The van der Waals surface area contributed by atoms with Gasteiger partial charge >= 0.3 is 6.03 Å². The smallest absolute Gasteiger partial charge is 0.322 e. The topological polar surface area (TPSA) is 88.5 Å². The standard InChI is InChI=1S/C26H32ClN5O3S/c1-26(2,3)22-16-23(32(30-22)21-9-7-6-8-20(21)27)29-24(33)17-31(14-15-35-4)25(34)28-18-10-12-19(36-5)13-11-18/h6-13,16H,14-15,17H2,1-5H3,(H,28,34)(H,29,33). The van der Waals surface area contributed by atoms with Crippen molar-refractivity contribution in [3.63, 3.8) is 0 Å². The Hall–Kier alpha value is -3.01. The highest BCUT2D eigenvalue weighted by atomic mass is 35.5. The van der Waals surface area contributed by atoms with E-state index in [9.17, 15) is 9.59 Å². The number of hydrogen-bond acceptors (Lipinski definition) is 5. The molecular formula is C26H32ClN5O3S.